The van der Waals surface area contributed by atoms with E-state index >= 15 is 0 Å². The Labute approximate surface area is 184 Å². The zero-order chi connectivity index (χ0) is 22.2. The van der Waals surface area contributed by atoms with E-state index in [4.69, 9.17) is 4.74 Å². The molecule has 0 heterocycles. The summed E-state index contributed by atoms with van der Waals surface area (Å²) >= 11 is 0. The van der Waals surface area contributed by atoms with Crippen molar-refractivity contribution in [3.8, 4) is 11.5 Å². The maximum atomic E-state index is 11.9. The maximum Gasteiger partial charge on any atom is 0.220 e. The Bertz CT molecular complexity index is 592. The number of aromatic hydroxyl groups is 1. The van der Waals surface area contributed by atoms with Crippen molar-refractivity contribution in [2.24, 2.45) is 0 Å². The van der Waals surface area contributed by atoms with Crippen LogP contribution in [0.15, 0.2) is 18.2 Å². The van der Waals surface area contributed by atoms with E-state index in [1.54, 1.807) is 12.1 Å². The molecule has 4 nitrogen and oxygen atoms in total. The van der Waals surface area contributed by atoms with E-state index in [0.717, 1.165) is 24.2 Å². The number of amides is 1. The molecule has 0 radical (unpaired) electrons. The molecule has 0 spiro atoms. The third-order valence-corrected chi connectivity index (χ3v) is 5.48. The highest BCUT2D eigenvalue weighted by molar-refractivity contribution is 5.75. The molecule has 30 heavy (non-hydrogen) atoms. The molecular weight excluding hydrogens is 374 g/mol. The van der Waals surface area contributed by atoms with Gasteiger partial charge < -0.3 is 15.2 Å². The zero-order valence-corrected chi connectivity index (χ0v) is 19.9. The molecule has 0 atom stereocenters. The molecule has 0 unspecified atom stereocenters. The predicted octanol–water partition coefficient (Wildman–Crippen LogP) is 6.89. The van der Waals surface area contributed by atoms with Crippen LogP contribution in [0, 0.1) is 0 Å². The van der Waals surface area contributed by atoms with Crippen LogP contribution in [0.25, 0.3) is 0 Å². The molecule has 0 aliphatic heterocycles. The number of hydrogen-bond acceptors (Lipinski definition) is 3. The number of ether oxygens (including phenoxy) is 1. The van der Waals surface area contributed by atoms with Gasteiger partial charge >= 0.3 is 0 Å². The van der Waals surface area contributed by atoms with Gasteiger partial charge in [-0.2, -0.15) is 0 Å². The number of nitrogens with one attached hydrogen (secondary N) is 1. The van der Waals surface area contributed by atoms with Crippen molar-refractivity contribution in [1.29, 1.82) is 0 Å². The quantitative estimate of drug-likeness (QED) is 0.287. The van der Waals surface area contributed by atoms with E-state index in [-0.39, 0.29) is 17.1 Å². The summed E-state index contributed by atoms with van der Waals surface area (Å²) < 4.78 is 5.73. The summed E-state index contributed by atoms with van der Waals surface area (Å²) in [5.74, 6) is 1.11. The lowest BCUT2D eigenvalue weighted by Gasteiger charge is -2.21. The van der Waals surface area contributed by atoms with Gasteiger partial charge in [-0.15, -0.1) is 0 Å². The summed E-state index contributed by atoms with van der Waals surface area (Å²) in [6, 6.07) is 5.31. The van der Waals surface area contributed by atoms with Crippen LogP contribution in [0.3, 0.4) is 0 Å². The standard InChI is InChI=1S/C26H45NO3/c1-5-6-7-8-9-10-11-12-13-14-15-16-25(29)27-19-20-30-22-17-18-24(28)23(21-22)26(2,3)4/h17-18,21,28H,5-16,19-20H2,1-4H3,(H,27,29). The van der Waals surface area contributed by atoms with Gasteiger partial charge in [0.15, 0.2) is 0 Å². The van der Waals surface area contributed by atoms with Gasteiger partial charge in [-0.1, -0.05) is 91.9 Å². The summed E-state index contributed by atoms with van der Waals surface area (Å²) in [5, 5.41) is 12.9. The summed E-state index contributed by atoms with van der Waals surface area (Å²) in [6.07, 6.45) is 14.8. The number of phenols is 1. The summed E-state index contributed by atoms with van der Waals surface area (Å²) in [5.41, 5.74) is 0.715. The minimum Gasteiger partial charge on any atom is -0.508 e. The Kier molecular flexibility index (Phi) is 13.3. The third-order valence-electron chi connectivity index (χ3n) is 5.48. The van der Waals surface area contributed by atoms with Gasteiger partial charge in [-0.3, -0.25) is 4.79 Å². The smallest absolute Gasteiger partial charge is 0.220 e. The number of carbonyl (C=O) groups is 1. The van der Waals surface area contributed by atoms with E-state index in [0.29, 0.717) is 19.6 Å². The molecule has 0 aromatic heterocycles. The van der Waals surface area contributed by atoms with Crippen molar-refractivity contribution < 1.29 is 14.6 Å². The van der Waals surface area contributed by atoms with Gasteiger partial charge in [-0.05, 0) is 30.0 Å². The highest BCUT2D eigenvalue weighted by Gasteiger charge is 2.18. The Balaban J connectivity index is 2.03. The fraction of sp³-hybridized carbons (Fsp3) is 0.731. The number of benzene rings is 1. The lowest BCUT2D eigenvalue weighted by atomic mass is 9.86. The van der Waals surface area contributed by atoms with E-state index in [1.807, 2.05) is 6.07 Å². The number of phenolic OH excluding ortho intramolecular Hbond substituents is 1. The Morgan fingerprint density at radius 3 is 2.07 bits per heavy atom. The van der Waals surface area contributed by atoms with Gasteiger partial charge in [0.2, 0.25) is 5.91 Å². The van der Waals surface area contributed by atoms with E-state index < -0.39 is 0 Å². The van der Waals surface area contributed by atoms with Crippen molar-refractivity contribution in [3.63, 3.8) is 0 Å². The molecule has 172 valence electrons. The number of unbranched alkanes of at least 4 members (excludes halogenated alkanes) is 10. The lowest BCUT2D eigenvalue weighted by Crippen LogP contribution is -2.27. The molecule has 2 N–H and O–H groups in total. The fourth-order valence-electron chi connectivity index (χ4n) is 3.60. The predicted molar refractivity (Wildman–Crippen MR) is 126 cm³/mol. The molecular formula is C26H45NO3. The molecule has 1 amide bonds. The number of carbonyl (C=O) groups excluding carboxylic acids is 1. The molecule has 1 aromatic carbocycles. The zero-order valence-electron chi connectivity index (χ0n) is 19.9. The van der Waals surface area contributed by atoms with Gasteiger partial charge in [0.05, 0.1) is 6.54 Å². The van der Waals surface area contributed by atoms with Gasteiger partial charge in [0, 0.05) is 12.0 Å². The maximum absolute atomic E-state index is 11.9. The second-order valence-electron chi connectivity index (χ2n) is 9.41. The van der Waals surface area contributed by atoms with Gasteiger partial charge in [0.1, 0.15) is 18.1 Å². The summed E-state index contributed by atoms with van der Waals surface area (Å²) in [4.78, 5) is 11.9. The van der Waals surface area contributed by atoms with Crippen LogP contribution in [0.1, 0.15) is 110 Å². The molecule has 1 rings (SSSR count). The van der Waals surface area contributed by atoms with Gasteiger partial charge in [0.25, 0.3) is 0 Å². The van der Waals surface area contributed by atoms with Crippen molar-refractivity contribution >= 4 is 5.91 Å². The Morgan fingerprint density at radius 1 is 0.933 bits per heavy atom. The first-order valence-corrected chi connectivity index (χ1v) is 12.1. The first kappa shape index (κ1) is 26.3. The first-order valence-electron chi connectivity index (χ1n) is 12.1. The third kappa shape index (κ3) is 12.1. The average molecular weight is 420 g/mol. The van der Waals surface area contributed by atoms with Crippen molar-refractivity contribution in [2.75, 3.05) is 13.2 Å². The largest absolute Gasteiger partial charge is 0.508 e. The lowest BCUT2D eigenvalue weighted by molar-refractivity contribution is -0.121. The highest BCUT2D eigenvalue weighted by Crippen LogP contribution is 2.33. The fourth-order valence-corrected chi connectivity index (χ4v) is 3.60. The van der Waals surface area contributed by atoms with E-state index in [9.17, 15) is 9.90 Å². The minimum absolute atomic E-state index is 0.107. The van der Waals surface area contributed by atoms with Crippen LogP contribution in [-0.4, -0.2) is 24.2 Å². The normalized spacial score (nSPS) is 11.5. The van der Waals surface area contributed by atoms with Crippen LogP contribution >= 0.6 is 0 Å². The highest BCUT2D eigenvalue weighted by atomic mass is 16.5. The second kappa shape index (κ2) is 15.1. The molecule has 0 bridgehead atoms. The molecule has 1 aromatic rings. The SMILES string of the molecule is CCCCCCCCCCCCCC(=O)NCCOc1ccc(O)c(C(C)(C)C)c1. The summed E-state index contributed by atoms with van der Waals surface area (Å²) in [7, 11) is 0. The molecule has 0 aliphatic rings. The monoisotopic (exact) mass is 419 g/mol. The number of rotatable bonds is 16. The topological polar surface area (TPSA) is 58.6 Å². The molecule has 0 saturated heterocycles. The Morgan fingerprint density at radius 2 is 1.50 bits per heavy atom. The van der Waals surface area contributed by atoms with E-state index in [2.05, 4.69) is 33.0 Å². The van der Waals surface area contributed by atoms with Gasteiger partial charge in [-0.25, -0.2) is 0 Å². The molecule has 0 saturated carbocycles. The molecule has 4 heteroatoms. The number of hydrogen-bond donors (Lipinski definition) is 2. The van der Waals surface area contributed by atoms with Crippen molar-refractivity contribution in [1.82, 2.24) is 5.32 Å². The van der Waals surface area contributed by atoms with Crippen molar-refractivity contribution in [2.45, 2.75) is 110 Å². The molecule has 0 aliphatic carbocycles. The van der Waals surface area contributed by atoms with Crippen LogP contribution < -0.4 is 10.1 Å². The van der Waals surface area contributed by atoms with Crippen LogP contribution in [0.4, 0.5) is 0 Å². The average Bonchev–Trinajstić information content (AvgIpc) is 2.69. The summed E-state index contributed by atoms with van der Waals surface area (Å²) in [6.45, 7) is 9.36. The van der Waals surface area contributed by atoms with Crippen molar-refractivity contribution in [3.05, 3.63) is 23.8 Å². The molecule has 0 fully saturated rings. The first-order chi connectivity index (χ1) is 14.3. The van der Waals surface area contributed by atoms with Crippen LogP contribution in [0.5, 0.6) is 11.5 Å². The Hall–Kier alpha value is -1.71. The second-order valence-corrected chi connectivity index (χ2v) is 9.41. The van der Waals surface area contributed by atoms with E-state index in [1.165, 1.54) is 57.8 Å². The van der Waals surface area contributed by atoms with Crippen LogP contribution in [-0.2, 0) is 10.2 Å². The minimum atomic E-state index is -0.147. The van der Waals surface area contributed by atoms with Crippen LogP contribution in [0.2, 0.25) is 0 Å².